The first-order chi connectivity index (χ1) is 12.5. The fraction of sp³-hybridized carbons (Fsp3) is 0.350. The van der Waals surface area contributed by atoms with E-state index in [2.05, 4.69) is 0 Å². The lowest BCUT2D eigenvalue weighted by atomic mass is 10.1. The Hall–Kier alpha value is -2.47. The minimum Gasteiger partial charge on any atom is -0.339 e. The first-order valence-electron chi connectivity index (χ1n) is 8.76. The second kappa shape index (κ2) is 8.27. The number of carbonyl (C=O) groups excluding carboxylic acids is 3. The number of hydrogen-bond acceptors (Lipinski definition) is 4. The van der Waals surface area contributed by atoms with Crippen molar-refractivity contribution in [2.24, 2.45) is 0 Å². The van der Waals surface area contributed by atoms with Gasteiger partial charge in [-0.3, -0.25) is 14.4 Å². The molecule has 1 aliphatic rings. The van der Waals surface area contributed by atoms with Crippen molar-refractivity contribution in [2.75, 3.05) is 26.2 Å². The molecule has 2 amide bonds. The van der Waals surface area contributed by atoms with E-state index in [4.69, 9.17) is 0 Å². The molecule has 6 heteroatoms. The Morgan fingerprint density at radius 3 is 2.15 bits per heavy atom. The van der Waals surface area contributed by atoms with Crippen molar-refractivity contribution in [2.45, 2.75) is 19.8 Å². The molecule has 0 saturated carbocycles. The average Bonchev–Trinajstić information content (AvgIpc) is 3.12. The van der Waals surface area contributed by atoms with Gasteiger partial charge in [0.1, 0.15) is 0 Å². The van der Waals surface area contributed by atoms with E-state index in [0.29, 0.717) is 31.7 Å². The summed E-state index contributed by atoms with van der Waals surface area (Å²) in [7, 11) is 0. The van der Waals surface area contributed by atoms with Crippen LogP contribution in [-0.2, 0) is 4.79 Å². The molecule has 136 valence electrons. The molecule has 0 aliphatic carbocycles. The van der Waals surface area contributed by atoms with E-state index in [-0.39, 0.29) is 30.4 Å². The molecule has 1 aromatic carbocycles. The summed E-state index contributed by atoms with van der Waals surface area (Å²) < 4.78 is 0. The predicted molar refractivity (Wildman–Crippen MR) is 102 cm³/mol. The van der Waals surface area contributed by atoms with Crippen LogP contribution >= 0.6 is 11.3 Å². The minimum absolute atomic E-state index is 0.0131. The molecule has 1 aliphatic heterocycles. The molecular formula is C20H22N2O3S. The van der Waals surface area contributed by atoms with Gasteiger partial charge in [-0.25, -0.2) is 0 Å². The van der Waals surface area contributed by atoms with Gasteiger partial charge in [-0.05, 0) is 19.1 Å². The predicted octanol–water partition coefficient (Wildman–Crippen LogP) is 3.00. The molecule has 0 spiro atoms. The van der Waals surface area contributed by atoms with Crippen LogP contribution in [0.5, 0.6) is 0 Å². The third-order valence-corrected chi connectivity index (χ3v) is 5.52. The average molecular weight is 370 g/mol. The molecule has 1 aromatic heterocycles. The first kappa shape index (κ1) is 18.3. The van der Waals surface area contributed by atoms with Crippen LogP contribution in [0.3, 0.4) is 0 Å². The summed E-state index contributed by atoms with van der Waals surface area (Å²) in [6, 6.07) is 12.8. The number of piperazine rings is 1. The third-order valence-electron chi connectivity index (χ3n) is 4.53. The first-order valence-corrected chi connectivity index (χ1v) is 9.58. The van der Waals surface area contributed by atoms with Crippen LogP contribution in [0.25, 0.3) is 0 Å². The second-order valence-electron chi connectivity index (χ2n) is 6.37. The molecule has 26 heavy (non-hydrogen) atoms. The number of rotatable bonds is 5. The number of hydrogen-bond donors (Lipinski definition) is 0. The van der Waals surface area contributed by atoms with E-state index in [0.717, 1.165) is 9.75 Å². The molecule has 2 aromatic rings. The van der Waals surface area contributed by atoms with Gasteiger partial charge in [0, 0.05) is 49.5 Å². The number of thiophene rings is 1. The third kappa shape index (κ3) is 4.38. The molecule has 0 atom stereocenters. The Bertz CT molecular complexity index is 792. The Kier molecular flexibility index (Phi) is 5.83. The second-order valence-corrected chi connectivity index (χ2v) is 7.66. The quantitative estimate of drug-likeness (QED) is 0.760. The normalized spacial score (nSPS) is 14.3. The summed E-state index contributed by atoms with van der Waals surface area (Å²) in [6.07, 6.45) is 0.433. The summed E-state index contributed by atoms with van der Waals surface area (Å²) in [5, 5.41) is 0. The van der Waals surface area contributed by atoms with Crippen LogP contribution in [0, 0.1) is 6.92 Å². The highest BCUT2D eigenvalue weighted by Crippen LogP contribution is 2.18. The van der Waals surface area contributed by atoms with Crippen LogP contribution in [0.15, 0.2) is 42.5 Å². The van der Waals surface area contributed by atoms with E-state index < -0.39 is 0 Å². The number of amides is 2. The molecule has 2 heterocycles. The fourth-order valence-electron chi connectivity index (χ4n) is 3.01. The van der Waals surface area contributed by atoms with E-state index in [9.17, 15) is 14.4 Å². The SMILES string of the molecule is Cc1ccc(C(=O)N2CCN(C(=O)CCC(=O)c3ccccc3)CC2)s1. The topological polar surface area (TPSA) is 57.7 Å². The molecule has 0 bridgehead atoms. The van der Waals surface area contributed by atoms with Gasteiger partial charge in [0.05, 0.1) is 4.88 Å². The van der Waals surface area contributed by atoms with Crippen LogP contribution < -0.4 is 0 Å². The molecular weight excluding hydrogens is 348 g/mol. The monoisotopic (exact) mass is 370 g/mol. The summed E-state index contributed by atoms with van der Waals surface area (Å²) in [6.45, 7) is 4.10. The lowest BCUT2D eigenvalue weighted by molar-refractivity contribution is -0.132. The van der Waals surface area contributed by atoms with Gasteiger partial charge in [-0.2, -0.15) is 0 Å². The van der Waals surface area contributed by atoms with Gasteiger partial charge in [-0.1, -0.05) is 30.3 Å². The molecule has 3 rings (SSSR count). The highest BCUT2D eigenvalue weighted by atomic mass is 32.1. The number of Topliss-reactive ketones (excluding diaryl/α,β-unsaturated/α-hetero) is 1. The largest absolute Gasteiger partial charge is 0.339 e. The zero-order valence-corrected chi connectivity index (χ0v) is 15.6. The van der Waals surface area contributed by atoms with Crippen molar-refractivity contribution in [3.05, 3.63) is 57.8 Å². The lowest BCUT2D eigenvalue weighted by Crippen LogP contribution is -2.50. The lowest BCUT2D eigenvalue weighted by Gasteiger charge is -2.34. The molecule has 1 fully saturated rings. The summed E-state index contributed by atoms with van der Waals surface area (Å²) in [5.41, 5.74) is 0.641. The highest BCUT2D eigenvalue weighted by molar-refractivity contribution is 7.13. The van der Waals surface area contributed by atoms with Gasteiger partial charge < -0.3 is 9.80 Å². The van der Waals surface area contributed by atoms with Crippen molar-refractivity contribution in [1.29, 1.82) is 0 Å². The Balaban J connectivity index is 1.46. The van der Waals surface area contributed by atoms with Crippen LogP contribution in [0.2, 0.25) is 0 Å². The molecule has 1 saturated heterocycles. The number of benzene rings is 1. The summed E-state index contributed by atoms with van der Waals surface area (Å²) in [4.78, 5) is 42.3. The van der Waals surface area contributed by atoms with Crippen molar-refractivity contribution >= 4 is 28.9 Å². The van der Waals surface area contributed by atoms with Crippen LogP contribution in [0.1, 0.15) is 37.7 Å². The zero-order chi connectivity index (χ0) is 18.5. The number of aryl methyl sites for hydroxylation is 1. The highest BCUT2D eigenvalue weighted by Gasteiger charge is 2.25. The van der Waals surface area contributed by atoms with Crippen molar-refractivity contribution < 1.29 is 14.4 Å². The van der Waals surface area contributed by atoms with Crippen molar-refractivity contribution in [3.8, 4) is 0 Å². The molecule has 0 radical (unpaired) electrons. The number of carbonyl (C=O) groups is 3. The van der Waals surface area contributed by atoms with E-state index in [1.807, 2.05) is 37.3 Å². The standard InChI is InChI=1S/C20H22N2O3S/c1-15-7-9-18(26-15)20(25)22-13-11-21(12-14-22)19(24)10-8-17(23)16-5-3-2-4-6-16/h2-7,9H,8,10-14H2,1H3. The summed E-state index contributed by atoms with van der Waals surface area (Å²) in [5.74, 6) is 0.00336. The summed E-state index contributed by atoms with van der Waals surface area (Å²) >= 11 is 1.50. The van der Waals surface area contributed by atoms with Gasteiger partial charge in [-0.15, -0.1) is 11.3 Å². The van der Waals surface area contributed by atoms with Crippen molar-refractivity contribution in [1.82, 2.24) is 9.80 Å². The number of nitrogens with zero attached hydrogens (tertiary/aromatic N) is 2. The Labute approximate surface area is 157 Å². The van der Waals surface area contributed by atoms with Crippen LogP contribution in [-0.4, -0.2) is 53.6 Å². The van der Waals surface area contributed by atoms with E-state index in [1.165, 1.54) is 11.3 Å². The molecule has 5 nitrogen and oxygen atoms in total. The smallest absolute Gasteiger partial charge is 0.264 e. The Morgan fingerprint density at radius 2 is 1.54 bits per heavy atom. The molecule has 0 N–H and O–H groups in total. The van der Waals surface area contributed by atoms with Crippen LogP contribution in [0.4, 0.5) is 0 Å². The van der Waals surface area contributed by atoms with E-state index in [1.54, 1.807) is 21.9 Å². The van der Waals surface area contributed by atoms with Crippen molar-refractivity contribution in [3.63, 3.8) is 0 Å². The zero-order valence-electron chi connectivity index (χ0n) is 14.8. The maximum atomic E-state index is 12.4. The van der Waals surface area contributed by atoms with Gasteiger partial charge in [0.15, 0.2) is 5.78 Å². The maximum Gasteiger partial charge on any atom is 0.264 e. The number of ketones is 1. The van der Waals surface area contributed by atoms with Gasteiger partial charge in [0.25, 0.3) is 5.91 Å². The van der Waals surface area contributed by atoms with Gasteiger partial charge >= 0.3 is 0 Å². The van der Waals surface area contributed by atoms with Gasteiger partial charge in [0.2, 0.25) is 5.91 Å². The molecule has 0 unspecified atom stereocenters. The minimum atomic E-state index is -0.0200. The van der Waals surface area contributed by atoms with E-state index >= 15 is 0 Å². The fourth-order valence-corrected chi connectivity index (χ4v) is 3.85. The maximum absolute atomic E-state index is 12.4. The Morgan fingerprint density at radius 1 is 0.885 bits per heavy atom.